The van der Waals surface area contributed by atoms with Gasteiger partial charge in [-0.25, -0.2) is 9.37 Å². The standard InChI is InChI=1S/C12H12FN5O2/c1-18-5-10(15-6-18)12(19)16-7-2-3-9(13)8(4-7)11(14)17-20/h2-6,20H,1H3,(H2,14,17)(H,16,19). The SMILES string of the molecule is Cn1cnc(C(=O)Nc2ccc(F)c(/C(N)=N/O)c2)c1. The molecule has 0 fully saturated rings. The highest BCUT2D eigenvalue weighted by Crippen LogP contribution is 2.15. The molecule has 2 aromatic rings. The van der Waals surface area contributed by atoms with Crippen molar-refractivity contribution in [1.82, 2.24) is 9.55 Å². The number of hydrogen-bond acceptors (Lipinski definition) is 4. The van der Waals surface area contributed by atoms with Gasteiger partial charge in [-0.15, -0.1) is 0 Å². The summed E-state index contributed by atoms with van der Waals surface area (Å²) in [6.45, 7) is 0. The first-order valence-electron chi connectivity index (χ1n) is 5.58. The number of oxime groups is 1. The van der Waals surface area contributed by atoms with Gasteiger partial charge in [-0.05, 0) is 18.2 Å². The summed E-state index contributed by atoms with van der Waals surface area (Å²) in [5.74, 6) is -1.48. The van der Waals surface area contributed by atoms with Crippen molar-refractivity contribution in [2.45, 2.75) is 0 Å². The lowest BCUT2D eigenvalue weighted by Gasteiger charge is -2.06. The highest BCUT2D eigenvalue weighted by atomic mass is 19.1. The summed E-state index contributed by atoms with van der Waals surface area (Å²) in [5, 5.41) is 13.8. The summed E-state index contributed by atoms with van der Waals surface area (Å²) in [5.41, 5.74) is 5.77. The van der Waals surface area contributed by atoms with Crippen molar-refractivity contribution in [3.8, 4) is 0 Å². The molecule has 1 aromatic carbocycles. The van der Waals surface area contributed by atoms with Gasteiger partial charge in [0.25, 0.3) is 5.91 Å². The Morgan fingerprint density at radius 2 is 2.30 bits per heavy atom. The predicted molar refractivity (Wildman–Crippen MR) is 70.1 cm³/mol. The number of amides is 1. The van der Waals surface area contributed by atoms with Crippen molar-refractivity contribution in [3.63, 3.8) is 0 Å². The summed E-state index contributed by atoms with van der Waals surface area (Å²) in [6, 6.07) is 3.75. The molecule has 7 nitrogen and oxygen atoms in total. The number of amidine groups is 1. The second-order valence-electron chi connectivity index (χ2n) is 4.06. The Hall–Kier alpha value is -2.90. The highest BCUT2D eigenvalue weighted by molar-refractivity contribution is 6.04. The van der Waals surface area contributed by atoms with Crippen LogP contribution in [0.25, 0.3) is 0 Å². The van der Waals surface area contributed by atoms with E-state index < -0.39 is 11.7 Å². The molecule has 0 bridgehead atoms. The molecule has 0 spiro atoms. The van der Waals surface area contributed by atoms with Crippen LogP contribution in [0.3, 0.4) is 0 Å². The Labute approximate surface area is 113 Å². The van der Waals surface area contributed by atoms with Crippen LogP contribution >= 0.6 is 0 Å². The van der Waals surface area contributed by atoms with E-state index in [9.17, 15) is 9.18 Å². The van der Waals surface area contributed by atoms with Gasteiger partial charge in [0, 0.05) is 18.9 Å². The third-order valence-electron chi connectivity index (χ3n) is 2.55. The van der Waals surface area contributed by atoms with Crippen molar-refractivity contribution in [3.05, 3.63) is 47.8 Å². The fourth-order valence-corrected chi connectivity index (χ4v) is 1.58. The van der Waals surface area contributed by atoms with Gasteiger partial charge in [0.05, 0.1) is 11.9 Å². The van der Waals surface area contributed by atoms with E-state index in [2.05, 4.69) is 15.5 Å². The van der Waals surface area contributed by atoms with Crippen LogP contribution in [0.5, 0.6) is 0 Å². The van der Waals surface area contributed by atoms with Gasteiger partial charge in [0.2, 0.25) is 0 Å². The van der Waals surface area contributed by atoms with Gasteiger partial charge in [-0.2, -0.15) is 0 Å². The van der Waals surface area contributed by atoms with E-state index in [0.717, 1.165) is 6.07 Å². The van der Waals surface area contributed by atoms with Crippen LogP contribution < -0.4 is 11.1 Å². The Morgan fingerprint density at radius 1 is 1.55 bits per heavy atom. The smallest absolute Gasteiger partial charge is 0.275 e. The molecule has 0 aliphatic heterocycles. The minimum Gasteiger partial charge on any atom is -0.409 e. The van der Waals surface area contributed by atoms with Gasteiger partial charge in [-0.1, -0.05) is 5.16 Å². The normalized spacial score (nSPS) is 11.4. The number of carbonyl (C=O) groups excluding carboxylic acids is 1. The summed E-state index contributed by atoms with van der Waals surface area (Å²) in [7, 11) is 1.73. The van der Waals surface area contributed by atoms with Gasteiger partial charge >= 0.3 is 0 Å². The molecule has 4 N–H and O–H groups in total. The van der Waals surface area contributed by atoms with E-state index in [1.165, 1.54) is 18.5 Å². The van der Waals surface area contributed by atoms with Crippen molar-refractivity contribution < 1.29 is 14.4 Å². The average Bonchev–Trinajstić information content (AvgIpc) is 2.87. The first-order chi connectivity index (χ1) is 9.51. The number of hydrogen-bond donors (Lipinski definition) is 3. The second-order valence-corrected chi connectivity index (χ2v) is 4.06. The Kier molecular flexibility index (Phi) is 3.65. The molecule has 20 heavy (non-hydrogen) atoms. The summed E-state index contributed by atoms with van der Waals surface area (Å²) in [6.07, 6.45) is 3.03. The molecule has 0 saturated heterocycles. The zero-order valence-electron chi connectivity index (χ0n) is 10.5. The number of carbonyl (C=O) groups is 1. The Morgan fingerprint density at radius 3 is 2.90 bits per heavy atom. The van der Waals surface area contributed by atoms with Crippen LogP contribution in [0, 0.1) is 5.82 Å². The number of rotatable bonds is 3. The maximum absolute atomic E-state index is 13.5. The molecule has 0 aliphatic rings. The lowest BCUT2D eigenvalue weighted by Crippen LogP contribution is -2.17. The highest BCUT2D eigenvalue weighted by Gasteiger charge is 2.12. The maximum Gasteiger partial charge on any atom is 0.275 e. The van der Waals surface area contributed by atoms with Crippen LogP contribution in [-0.2, 0) is 7.05 Å². The molecule has 1 heterocycles. The molecule has 0 atom stereocenters. The van der Waals surface area contributed by atoms with Crippen LogP contribution in [0.15, 0.2) is 35.9 Å². The Balaban J connectivity index is 2.24. The number of halogens is 1. The van der Waals surface area contributed by atoms with E-state index in [1.807, 2.05) is 0 Å². The van der Waals surface area contributed by atoms with E-state index in [-0.39, 0.29) is 17.1 Å². The first-order valence-corrected chi connectivity index (χ1v) is 5.58. The molecule has 0 radical (unpaired) electrons. The van der Waals surface area contributed by atoms with Crippen LogP contribution in [0.1, 0.15) is 16.1 Å². The van der Waals surface area contributed by atoms with Crippen LogP contribution in [0.4, 0.5) is 10.1 Å². The van der Waals surface area contributed by atoms with Gasteiger partial charge in [0.15, 0.2) is 5.84 Å². The topological polar surface area (TPSA) is 106 Å². The number of anilines is 1. The lowest BCUT2D eigenvalue weighted by atomic mass is 10.1. The number of nitrogens with two attached hydrogens (primary N) is 1. The molecule has 0 unspecified atom stereocenters. The zero-order chi connectivity index (χ0) is 14.7. The maximum atomic E-state index is 13.5. The summed E-state index contributed by atoms with van der Waals surface area (Å²) < 4.78 is 15.1. The summed E-state index contributed by atoms with van der Waals surface area (Å²) in [4.78, 5) is 15.8. The quantitative estimate of drug-likeness (QED) is 0.335. The number of benzene rings is 1. The third-order valence-corrected chi connectivity index (χ3v) is 2.55. The number of aromatic nitrogens is 2. The number of imidazole rings is 1. The fraction of sp³-hybridized carbons (Fsp3) is 0.0833. The summed E-state index contributed by atoms with van der Waals surface area (Å²) >= 11 is 0. The minimum atomic E-state index is -0.656. The minimum absolute atomic E-state index is 0.105. The molecular formula is C12H12FN5O2. The van der Waals surface area contributed by atoms with E-state index in [4.69, 9.17) is 10.9 Å². The fourth-order valence-electron chi connectivity index (χ4n) is 1.58. The molecule has 1 amide bonds. The lowest BCUT2D eigenvalue weighted by molar-refractivity contribution is 0.102. The molecular weight excluding hydrogens is 265 g/mol. The van der Waals surface area contributed by atoms with Gasteiger partial charge in [-0.3, -0.25) is 4.79 Å². The van der Waals surface area contributed by atoms with Crippen LogP contribution in [-0.4, -0.2) is 26.5 Å². The molecule has 1 aromatic heterocycles. The van der Waals surface area contributed by atoms with Crippen molar-refractivity contribution in [2.75, 3.05) is 5.32 Å². The van der Waals surface area contributed by atoms with E-state index in [1.54, 1.807) is 17.8 Å². The molecule has 104 valence electrons. The zero-order valence-corrected chi connectivity index (χ0v) is 10.5. The van der Waals surface area contributed by atoms with E-state index >= 15 is 0 Å². The predicted octanol–water partition coefficient (Wildman–Crippen LogP) is 0.906. The van der Waals surface area contributed by atoms with Crippen LogP contribution in [0.2, 0.25) is 0 Å². The first kappa shape index (κ1) is 13.5. The largest absolute Gasteiger partial charge is 0.409 e. The molecule has 2 rings (SSSR count). The number of nitrogens with one attached hydrogen (secondary N) is 1. The van der Waals surface area contributed by atoms with Crippen molar-refractivity contribution >= 4 is 17.4 Å². The van der Waals surface area contributed by atoms with Crippen molar-refractivity contribution in [2.24, 2.45) is 17.9 Å². The van der Waals surface area contributed by atoms with Gasteiger partial charge < -0.3 is 20.8 Å². The average molecular weight is 277 g/mol. The third kappa shape index (κ3) is 2.74. The monoisotopic (exact) mass is 277 g/mol. The van der Waals surface area contributed by atoms with Gasteiger partial charge in [0.1, 0.15) is 11.5 Å². The second kappa shape index (κ2) is 5.39. The number of aryl methyl sites for hydroxylation is 1. The number of nitrogens with zero attached hydrogens (tertiary/aromatic N) is 3. The molecule has 0 aliphatic carbocycles. The Bertz CT molecular complexity index is 680. The molecule has 8 heteroatoms. The molecule has 0 saturated carbocycles. The van der Waals surface area contributed by atoms with E-state index in [0.29, 0.717) is 5.69 Å². The van der Waals surface area contributed by atoms with Crippen molar-refractivity contribution in [1.29, 1.82) is 0 Å².